The fourth-order valence-corrected chi connectivity index (χ4v) is 4.54. The largest absolute Gasteiger partial charge is 0.338 e. The van der Waals surface area contributed by atoms with Gasteiger partial charge in [-0.1, -0.05) is 6.58 Å². The van der Waals surface area contributed by atoms with Gasteiger partial charge in [-0.15, -0.1) is 11.3 Å². The van der Waals surface area contributed by atoms with Crippen LogP contribution in [0.1, 0.15) is 28.7 Å². The number of aromatic amines is 1. The summed E-state index contributed by atoms with van der Waals surface area (Å²) in [6.07, 6.45) is 3.95. The molecule has 6 nitrogen and oxygen atoms in total. The summed E-state index contributed by atoms with van der Waals surface area (Å²) in [5.74, 6) is 0.0393. The number of H-pyrrole nitrogens is 1. The van der Waals surface area contributed by atoms with Crippen molar-refractivity contribution in [2.45, 2.75) is 26.2 Å². The Morgan fingerprint density at radius 1 is 1.41 bits per heavy atom. The minimum Gasteiger partial charge on any atom is -0.338 e. The average Bonchev–Trinajstić information content (AvgIpc) is 3.27. The first-order chi connectivity index (χ1) is 13.0. The Morgan fingerprint density at radius 3 is 2.93 bits per heavy atom. The zero-order chi connectivity index (χ0) is 19.1. The van der Waals surface area contributed by atoms with E-state index in [0.29, 0.717) is 24.0 Å². The summed E-state index contributed by atoms with van der Waals surface area (Å²) in [4.78, 5) is 39.3. The van der Waals surface area contributed by atoms with Crippen LogP contribution in [0.5, 0.6) is 0 Å². The maximum Gasteiger partial charge on any atom is 0.257 e. The van der Waals surface area contributed by atoms with Crippen molar-refractivity contribution in [1.29, 1.82) is 0 Å². The summed E-state index contributed by atoms with van der Waals surface area (Å²) >= 11 is 1.60. The second-order valence-electron chi connectivity index (χ2n) is 6.83. The zero-order valence-electron chi connectivity index (χ0n) is 15.3. The summed E-state index contributed by atoms with van der Waals surface area (Å²) in [5.41, 5.74) is 3.21. The Bertz CT molecular complexity index is 1110. The van der Waals surface area contributed by atoms with Gasteiger partial charge in [0.15, 0.2) is 0 Å². The maximum absolute atomic E-state index is 12.7. The first kappa shape index (κ1) is 17.6. The van der Waals surface area contributed by atoms with Crippen LogP contribution in [-0.2, 0) is 4.79 Å². The molecule has 3 aromatic rings. The number of pyridine rings is 2. The highest BCUT2D eigenvalue weighted by atomic mass is 32.1. The highest BCUT2D eigenvalue weighted by Gasteiger charge is 2.27. The van der Waals surface area contributed by atoms with Crippen molar-refractivity contribution in [3.63, 3.8) is 0 Å². The quantitative estimate of drug-likeness (QED) is 0.708. The Labute approximate surface area is 160 Å². The number of amides is 1. The van der Waals surface area contributed by atoms with Crippen molar-refractivity contribution in [2.75, 3.05) is 13.1 Å². The van der Waals surface area contributed by atoms with Crippen LogP contribution in [0.3, 0.4) is 0 Å². The molecule has 7 heteroatoms. The molecule has 0 saturated carbocycles. The van der Waals surface area contributed by atoms with Crippen LogP contribution in [-0.4, -0.2) is 38.8 Å². The molecule has 27 heavy (non-hydrogen) atoms. The molecule has 1 aliphatic heterocycles. The van der Waals surface area contributed by atoms with E-state index in [9.17, 15) is 9.59 Å². The van der Waals surface area contributed by atoms with E-state index in [1.54, 1.807) is 22.4 Å². The third kappa shape index (κ3) is 3.19. The minimum atomic E-state index is -0.149. The van der Waals surface area contributed by atoms with Crippen molar-refractivity contribution in [2.24, 2.45) is 0 Å². The minimum absolute atomic E-state index is 0.0707. The van der Waals surface area contributed by atoms with Gasteiger partial charge in [-0.25, -0.2) is 4.98 Å². The lowest BCUT2D eigenvalue weighted by Gasteiger charge is -2.14. The van der Waals surface area contributed by atoms with Crippen molar-refractivity contribution in [3.05, 3.63) is 57.7 Å². The number of hydrogen-bond acceptors (Lipinski definition) is 5. The molecule has 1 atom stereocenters. The summed E-state index contributed by atoms with van der Waals surface area (Å²) in [6, 6.07) is 3.81. The van der Waals surface area contributed by atoms with Gasteiger partial charge < -0.3 is 9.88 Å². The van der Waals surface area contributed by atoms with Gasteiger partial charge >= 0.3 is 0 Å². The van der Waals surface area contributed by atoms with Gasteiger partial charge in [0.25, 0.3) is 5.56 Å². The number of nitrogens with zero attached hydrogens (tertiary/aromatic N) is 3. The SMILES string of the molecule is C=CC(=O)N1CCC(c2cc3ncc(-c4sc(C)nc4C)cc3c(=O)[nH]2)C1. The number of hydrogen-bond donors (Lipinski definition) is 1. The lowest BCUT2D eigenvalue weighted by atomic mass is 10.0. The molecule has 1 unspecified atom stereocenters. The van der Waals surface area contributed by atoms with Crippen LogP contribution in [0.25, 0.3) is 21.3 Å². The molecule has 4 rings (SSSR count). The van der Waals surface area contributed by atoms with E-state index in [1.807, 2.05) is 26.0 Å². The van der Waals surface area contributed by atoms with Gasteiger partial charge in [0, 0.05) is 36.5 Å². The smallest absolute Gasteiger partial charge is 0.257 e. The monoisotopic (exact) mass is 380 g/mol. The summed E-state index contributed by atoms with van der Waals surface area (Å²) in [5, 5.41) is 1.56. The molecule has 3 aromatic heterocycles. The van der Waals surface area contributed by atoms with E-state index in [4.69, 9.17) is 0 Å². The molecule has 1 saturated heterocycles. The fourth-order valence-electron chi connectivity index (χ4n) is 3.64. The van der Waals surface area contributed by atoms with E-state index in [2.05, 4.69) is 21.5 Å². The zero-order valence-corrected chi connectivity index (χ0v) is 16.1. The third-order valence-corrected chi connectivity index (χ3v) is 6.12. The molecule has 0 aromatic carbocycles. The van der Waals surface area contributed by atoms with Crippen molar-refractivity contribution >= 4 is 28.1 Å². The highest BCUT2D eigenvalue weighted by Crippen LogP contribution is 2.31. The summed E-state index contributed by atoms with van der Waals surface area (Å²) in [7, 11) is 0. The van der Waals surface area contributed by atoms with Crippen LogP contribution in [0.2, 0.25) is 0 Å². The van der Waals surface area contributed by atoms with Crippen molar-refractivity contribution in [3.8, 4) is 10.4 Å². The van der Waals surface area contributed by atoms with E-state index in [-0.39, 0.29) is 17.4 Å². The molecular weight excluding hydrogens is 360 g/mol. The molecule has 0 spiro atoms. The number of nitrogens with one attached hydrogen (secondary N) is 1. The van der Waals surface area contributed by atoms with E-state index < -0.39 is 0 Å². The first-order valence-electron chi connectivity index (χ1n) is 8.85. The molecule has 4 heterocycles. The van der Waals surface area contributed by atoms with Gasteiger partial charge in [-0.2, -0.15) is 0 Å². The number of carbonyl (C=O) groups excluding carboxylic acids is 1. The normalized spacial score (nSPS) is 16.8. The Hall–Kier alpha value is -2.80. The third-order valence-electron chi connectivity index (χ3n) is 4.99. The predicted octanol–water partition coefficient (Wildman–Crippen LogP) is 3.17. The lowest BCUT2D eigenvalue weighted by molar-refractivity contribution is -0.125. The molecule has 1 N–H and O–H groups in total. The van der Waals surface area contributed by atoms with Crippen LogP contribution < -0.4 is 5.56 Å². The Kier molecular flexibility index (Phi) is 4.39. The number of rotatable bonds is 3. The Morgan fingerprint density at radius 2 is 2.22 bits per heavy atom. The lowest BCUT2D eigenvalue weighted by Crippen LogP contribution is -2.26. The number of carbonyl (C=O) groups is 1. The highest BCUT2D eigenvalue weighted by molar-refractivity contribution is 7.15. The van der Waals surface area contributed by atoms with E-state index in [1.165, 1.54) is 6.08 Å². The Balaban J connectivity index is 1.70. The number of thiazole rings is 1. The molecule has 1 amide bonds. The van der Waals surface area contributed by atoms with Crippen LogP contribution in [0.4, 0.5) is 0 Å². The predicted molar refractivity (Wildman–Crippen MR) is 107 cm³/mol. The van der Waals surface area contributed by atoms with Gasteiger partial charge in [0.1, 0.15) is 0 Å². The summed E-state index contributed by atoms with van der Waals surface area (Å²) < 4.78 is 0. The number of aromatic nitrogens is 3. The molecule has 0 aliphatic carbocycles. The second kappa shape index (κ2) is 6.74. The van der Waals surface area contributed by atoms with Crippen LogP contribution >= 0.6 is 11.3 Å². The fraction of sp³-hybridized carbons (Fsp3) is 0.300. The molecule has 138 valence electrons. The topological polar surface area (TPSA) is 79.0 Å². The van der Waals surface area contributed by atoms with Gasteiger partial charge in [0.2, 0.25) is 5.91 Å². The van der Waals surface area contributed by atoms with E-state index >= 15 is 0 Å². The molecule has 1 aliphatic rings. The van der Waals surface area contributed by atoms with Gasteiger partial charge in [-0.05, 0) is 38.5 Å². The first-order valence-corrected chi connectivity index (χ1v) is 9.66. The molecular formula is C20H20N4O2S. The maximum atomic E-state index is 12.7. The molecule has 0 radical (unpaired) electrons. The van der Waals surface area contributed by atoms with Crippen molar-refractivity contribution < 1.29 is 4.79 Å². The number of aryl methyl sites for hydroxylation is 2. The van der Waals surface area contributed by atoms with Gasteiger partial charge in [0.05, 0.1) is 26.5 Å². The molecule has 0 bridgehead atoms. The average molecular weight is 380 g/mol. The molecule has 1 fully saturated rings. The number of likely N-dealkylation sites (tertiary alicyclic amines) is 1. The van der Waals surface area contributed by atoms with Crippen molar-refractivity contribution in [1.82, 2.24) is 19.9 Å². The van der Waals surface area contributed by atoms with Gasteiger partial charge in [-0.3, -0.25) is 14.6 Å². The second-order valence-corrected chi connectivity index (χ2v) is 8.04. The van der Waals surface area contributed by atoms with E-state index in [0.717, 1.165) is 33.3 Å². The number of fused-ring (bicyclic) bond motifs is 1. The van der Waals surface area contributed by atoms with Crippen LogP contribution in [0, 0.1) is 13.8 Å². The summed E-state index contributed by atoms with van der Waals surface area (Å²) in [6.45, 7) is 8.73. The standard InChI is InChI=1S/C20H20N4O2S/c1-4-18(25)24-6-5-13(10-24)16-8-17-15(20(26)23-16)7-14(9-21-17)19-11(2)22-12(3)27-19/h4,7-9,13H,1,5-6,10H2,2-3H3,(H,23,26). The van der Waals surface area contributed by atoms with Crippen LogP contribution in [0.15, 0.2) is 35.8 Å².